The summed E-state index contributed by atoms with van der Waals surface area (Å²) in [5.41, 5.74) is 0. The Labute approximate surface area is 125 Å². The molecule has 0 aliphatic heterocycles. The van der Waals surface area contributed by atoms with Crippen molar-refractivity contribution in [2.75, 3.05) is 26.4 Å². The van der Waals surface area contributed by atoms with Crippen molar-refractivity contribution in [2.24, 2.45) is 0 Å². The molecule has 7 nitrogen and oxygen atoms in total. The second-order valence-corrected chi connectivity index (χ2v) is 4.31. The van der Waals surface area contributed by atoms with Gasteiger partial charge in [0.15, 0.2) is 0 Å². The largest absolute Gasteiger partial charge is 0.466 e. The molecule has 0 aromatic rings. The fourth-order valence-corrected chi connectivity index (χ4v) is 1.71. The molecular weight excluding hydrogens is 278 g/mol. The van der Waals surface area contributed by atoms with Crippen LogP contribution in [0.15, 0.2) is 0 Å². The Morgan fingerprint density at radius 2 is 1.43 bits per heavy atom. The van der Waals surface area contributed by atoms with E-state index in [-0.39, 0.29) is 39.2 Å². The summed E-state index contributed by atoms with van der Waals surface area (Å²) >= 11 is 0. The summed E-state index contributed by atoms with van der Waals surface area (Å²) in [6.45, 7) is 7.76. The van der Waals surface area contributed by atoms with E-state index in [4.69, 9.17) is 14.2 Å². The molecule has 0 heterocycles. The van der Waals surface area contributed by atoms with E-state index >= 15 is 0 Å². The van der Waals surface area contributed by atoms with E-state index in [1.54, 1.807) is 27.7 Å². The molecule has 1 atom stereocenters. The average Bonchev–Trinajstić information content (AvgIpc) is 2.39. The number of hydrogen-bond donors (Lipinski definition) is 0. The van der Waals surface area contributed by atoms with Gasteiger partial charge in [-0.15, -0.1) is 0 Å². The van der Waals surface area contributed by atoms with Crippen LogP contribution in [0.1, 0.15) is 40.5 Å². The van der Waals surface area contributed by atoms with Crippen LogP contribution in [0.4, 0.5) is 4.79 Å². The van der Waals surface area contributed by atoms with E-state index in [0.717, 1.165) is 0 Å². The molecule has 0 aliphatic rings. The first-order valence-corrected chi connectivity index (χ1v) is 7.20. The highest BCUT2D eigenvalue weighted by molar-refractivity contribution is 5.74. The number of carbonyl (C=O) groups excluding carboxylic acids is 3. The van der Waals surface area contributed by atoms with Gasteiger partial charge in [0.05, 0.1) is 32.7 Å². The van der Waals surface area contributed by atoms with Crippen LogP contribution < -0.4 is 0 Å². The molecule has 0 spiro atoms. The van der Waals surface area contributed by atoms with Crippen molar-refractivity contribution in [3.8, 4) is 0 Å². The first kappa shape index (κ1) is 19.2. The highest BCUT2D eigenvalue weighted by Crippen LogP contribution is 2.09. The molecule has 1 amide bonds. The van der Waals surface area contributed by atoms with Gasteiger partial charge in [0.1, 0.15) is 0 Å². The molecule has 0 rings (SSSR count). The molecule has 21 heavy (non-hydrogen) atoms. The Balaban J connectivity index is 4.60. The second kappa shape index (κ2) is 10.9. The Morgan fingerprint density at radius 1 is 0.905 bits per heavy atom. The van der Waals surface area contributed by atoms with Crippen LogP contribution in [-0.2, 0) is 23.8 Å². The third kappa shape index (κ3) is 8.16. The Morgan fingerprint density at radius 3 is 1.95 bits per heavy atom. The lowest BCUT2D eigenvalue weighted by molar-refractivity contribution is -0.144. The summed E-state index contributed by atoms with van der Waals surface area (Å²) in [6.07, 6.45) is -0.450. The number of hydrogen-bond acceptors (Lipinski definition) is 6. The maximum atomic E-state index is 11.9. The van der Waals surface area contributed by atoms with E-state index in [1.165, 1.54) is 4.90 Å². The van der Waals surface area contributed by atoms with Crippen LogP contribution in [0.3, 0.4) is 0 Å². The molecule has 0 bridgehead atoms. The molecule has 0 fully saturated rings. The van der Waals surface area contributed by atoms with Gasteiger partial charge in [0, 0.05) is 12.6 Å². The molecule has 0 unspecified atom stereocenters. The molecule has 7 heteroatoms. The predicted molar refractivity (Wildman–Crippen MR) is 75.7 cm³/mol. The molecule has 0 saturated heterocycles. The smallest absolute Gasteiger partial charge is 0.410 e. The van der Waals surface area contributed by atoms with Crippen molar-refractivity contribution in [3.05, 3.63) is 0 Å². The van der Waals surface area contributed by atoms with Gasteiger partial charge in [0.2, 0.25) is 0 Å². The first-order valence-electron chi connectivity index (χ1n) is 7.20. The summed E-state index contributed by atoms with van der Waals surface area (Å²) < 4.78 is 14.6. The number of amides is 1. The Kier molecular flexibility index (Phi) is 10.0. The van der Waals surface area contributed by atoms with E-state index in [9.17, 15) is 14.4 Å². The number of ether oxygens (including phenoxy) is 3. The van der Waals surface area contributed by atoms with E-state index in [0.29, 0.717) is 0 Å². The van der Waals surface area contributed by atoms with Crippen LogP contribution in [0.2, 0.25) is 0 Å². The minimum Gasteiger partial charge on any atom is -0.466 e. The Bertz CT molecular complexity index is 344. The second-order valence-electron chi connectivity index (χ2n) is 4.31. The van der Waals surface area contributed by atoms with Crippen molar-refractivity contribution >= 4 is 18.0 Å². The highest BCUT2D eigenvalue weighted by Gasteiger charge is 2.24. The molecule has 0 radical (unpaired) electrons. The number of carbonyl (C=O) groups is 3. The minimum absolute atomic E-state index is 0.0511. The van der Waals surface area contributed by atoms with Crippen molar-refractivity contribution in [3.63, 3.8) is 0 Å². The van der Waals surface area contributed by atoms with Crippen LogP contribution in [0.5, 0.6) is 0 Å². The SMILES string of the molecule is CCOC(=O)CCN(C(=O)OCC)[C@@H](C)CC(=O)OCC. The number of esters is 2. The van der Waals surface area contributed by atoms with E-state index in [1.807, 2.05) is 0 Å². The summed E-state index contributed by atoms with van der Waals surface area (Å²) in [5, 5.41) is 0. The van der Waals surface area contributed by atoms with E-state index < -0.39 is 24.1 Å². The first-order chi connectivity index (χ1) is 9.96. The minimum atomic E-state index is -0.557. The van der Waals surface area contributed by atoms with Crippen LogP contribution in [0.25, 0.3) is 0 Å². The monoisotopic (exact) mass is 303 g/mol. The van der Waals surface area contributed by atoms with Gasteiger partial charge in [0.25, 0.3) is 0 Å². The lowest BCUT2D eigenvalue weighted by atomic mass is 10.2. The fraction of sp³-hybridized carbons (Fsp3) is 0.786. The van der Waals surface area contributed by atoms with E-state index in [2.05, 4.69) is 0 Å². The maximum Gasteiger partial charge on any atom is 0.410 e. The van der Waals surface area contributed by atoms with Crippen molar-refractivity contribution in [1.29, 1.82) is 0 Å². The molecule has 0 N–H and O–H groups in total. The van der Waals surface area contributed by atoms with Gasteiger partial charge in [-0.05, 0) is 27.7 Å². The molecule has 0 aromatic heterocycles. The Hall–Kier alpha value is -1.79. The van der Waals surface area contributed by atoms with Gasteiger partial charge in [-0.1, -0.05) is 0 Å². The zero-order chi connectivity index (χ0) is 16.3. The molecule has 0 saturated carbocycles. The molecular formula is C14H25NO6. The van der Waals surface area contributed by atoms with Crippen LogP contribution in [-0.4, -0.2) is 55.3 Å². The van der Waals surface area contributed by atoms with Crippen LogP contribution >= 0.6 is 0 Å². The third-order valence-electron chi connectivity index (χ3n) is 2.66. The fourth-order valence-electron chi connectivity index (χ4n) is 1.71. The van der Waals surface area contributed by atoms with Gasteiger partial charge in [-0.25, -0.2) is 4.79 Å². The molecule has 0 aromatic carbocycles. The molecule has 0 aliphatic carbocycles. The molecule has 122 valence electrons. The zero-order valence-corrected chi connectivity index (χ0v) is 13.2. The number of nitrogens with zero attached hydrogens (tertiary/aromatic N) is 1. The van der Waals surface area contributed by atoms with Crippen molar-refractivity contribution < 1.29 is 28.6 Å². The van der Waals surface area contributed by atoms with Crippen molar-refractivity contribution in [2.45, 2.75) is 46.6 Å². The number of rotatable bonds is 9. The van der Waals surface area contributed by atoms with Crippen LogP contribution in [0, 0.1) is 0 Å². The van der Waals surface area contributed by atoms with Gasteiger partial charge >= 0.3 is 18.0 Å². The highest BCUT2D eigenvalue weighted by atomic mass is 16.6. The zero-order valence-electron chi connectivity index (χ0n) is 13.2. The lowest BCUT2D eigenvalue weighted by Crippen LogP contribution is -2.41. The maximum absolute atomic E-state index is 11.9. The topological polar surface area (TPSA) is 82.1 Å². The van der Waals surface area contributed by atoms with Gasteiger partial charge in [-0.3, -0.25) is 9.59 Å². The average molecular weight is 303 g/mol. The summed E-state index contributed by atoms with van der Waals surface area (Å²) in [6, 6.07) is -0.419. The normalized spacial score (nSPS) is 11.4. The lowest BCUT2D eigenvalue weighted by Gasteiger charge is -2.27. The van der Waals surface area contributed by atoms with Gasteiger partial charge in [-0.2, -0.15) is 0 Å². The standard InChI is InChI=1S/C14H25NO6/c1-5-19-12(16)8-9-15(14(18)21-7-3)11(4)10-13(17)20-6-2/h11H,5-10H2,1-4H3/t11-/m0/s1. The quantitative estimate of drug-likeness (QED) is 0.476. The summed E-state index contributed by atoms with van der Waals surface area (Å²) in [5.74, 6) is -0.787. The summed E-state index contributed by atoms with van der Waals surface area (Å²) in [7, 11) is 0. The predicted octanol–water partition coefficient (Wildman–Crippen LogP) is 1.74. The van der Waals surface area contributed by atoms with Gasteiger partial charge < -0.3 is 19.1 Å². The van der Waals surface area contributed by atoms with Crippen molar-refractivity contribution in [1.82, 2.24) is 4.90 Å². The summed E-state index contributed by atoms with van der Waals surface area (Å²) in [4.78, 5) is 36.1. The third-order valence-corrected chi connectivity index (χ3v) is 2.66.